The number of carbonyl (C=O) groups excluding carboxylic acids is 3. The normalized spacial score (nSPS) is 11.7. The number of benzene rings is 1. The summed E-state index contributed by atoms with van der Waals surface area (Å²) in [4.78, 5) is 35.5. The average Bonchev–Trinajstić information content (AvgIpc) is 2.54. The van der Waals surface area contributed by atoms with Gasteiger partial charge in [-0.25, -0.2) is 9.69 Å². The molecule has 25 heavy (non-hydrogen) atoms. The number of carboxylic acids is 1. The number of carboxylic acid groups (broad SMARTS) is 1. The SMILES string of the molecule is CCOC(=O)N(C)C(=O)C=C(C)N[C@@H](Cc1ccccc1)C(=O)[O-].[Na+]. The number of nitrogens with zero attached hydrogens (tertiary/aromatic N) is 1. The molecule has 0 aliphatic rings. The number of ether oxygens (including phenoxy) is 1. The minimum atomic E-state index is -1.28. The van der Waals surface area contributed by atoms with E-state index in [1.807, 2.05) is 18.2 Å². The summed E-state index contributed by atoms with van der Waals surface area (Å²) in [5.74, 6) is -1.90. The van der Waals surface area contributed by atoms with E-state index in [0.717, 1.165) is 16.5 Å². The van der Waals surface area contributed by atoms with Gasteiger partial charge in [0.25, 0.3) is 5.91 Å². The van der Waals surface area contributed by atoms with E-state index < -0.39 is 24.0 Å². The summed E-state index contributed by atoms with van der Waals surface area (Å²) >= 11 is 0. The topological polar surface area (TPSA) is 98.8 Å². The molecule has 0 aliphatic carbocycles. The number of carbonyl (C=O) groups is 3. The molecule has 1 rings (SSSR count). The minimum absolute atomic E-state index is 0. The van der Waals surface area contributed by atoms with E-state index in [1.54, 1.807) is 19.1 Å². The molecule has 0 unspecified atom stereocenters. The monoisotopic (exact) mass is 356 g/mol. The Morgan fingerprint density at radius 3 is 2.40 bits per heavy atom. The van der Waals surface area contributed by atoms with Crippen LogP contribution in [0.15, 0.2) is 42.1 Å². The minimum Gasteiger partial charge on any atom is -0.548 e. The summed E-state index contributed by atoms with van der Waals surface area (Å²) in [6.07, 6.45) is 0.570. The average molecular weight is 356 g/mol. The van der Waals surface area contributed by atoms with Gasteiger partial charge in [0.2, 0.25) is 0 Å². The van der Waals surface area contributed by atoms with Crippen molar-refractivity contribution in [1.82, 2.24) is 10.2 Å². The number of amides is 2. The second kappa shape index (κ2) is 11.7. The molecular formula is C17H21N2NaO5. The Hall–Kier alpha value is -1.83. The molecule has 1 aromatic carbocycles. The molecule has 0 aliphatic heterocycles. The van der Waals surface area contributed by atoms with E-state index in [-0.39, 0.29) is 42.6 Å². The molecule has 0 saturated carbocycles. The van der Waals surface area contributed by atoms with Gasteiger partial charge in [-0.2, -0.15) is 0 Å². The zero-order valence-corrected chi connectivity index (χ0v) is 16.9. The third-order valence-corrected chi connectivity index (χ3v) is 3.18. The number of likely N-dealkylation sites (N-methyl/N-ethyl adjacent to an activating group) is 1. The number of hydrogen-bond donors (Lipinski definition) is 1. The van der Waals surface area contributed by atoms with Gasteiger partial charge in [0.05, 0.1) is 18.6 Å². The zero-order valence-electron chi connectivity index (χ0n) is 14.9. The van der Waals surface area contributed by atoms with Crippen LogP contribution in [0.3, 0.4) is 0 Å². The summed E-state index contributed by atoms with van der Waals surface area (Å²) in [7, 11) is 1.28. The first kappa shape index (κ1) is 23.2. The Morgan fingerprint density at radius 2 is 1.88 bits per heavy atom. The molecule has 0 bridgehead atoms. The van der Waals surface area contributed by atoms with Gasteiger partial charge in [-0.15, -0.1) is 0 Å². The molecule has 0 radical (unpaired) electrons. The summed E-state index contributed by atoms with van der Waals surface area (Å²) in [5.41, 5.74) is 1.13. The van der Waals surface area contributed by atoms with Crippen molar-refractivity contribution >= 4 is 18.0 Å². The van der Waals surface area contributed by atoms with Crippen LogP contribution in [0.25, 0.3) is 0 Å². The van der Waals surface area contributed by atoms with Crippen molar-refractivity contribution in [2.24, 2.45) is 0 Å². The predicted molar refractivity (Wildman–Crippen MR) is 85.6 cm³/mol. The van der Waals surface area contributed by atoms with E-state index in [2.05, 4.69) is 5.32 Å². The summed E-state index contributed by atoms with van der Waals surface area (Å²) < 4.78 is 4.72. The number of allylic oxidation sites excluding steroid dienone is 1. The van der Waals surface area contributed by atoms with Crippen molar-refractivity contribution in [2.75, 3.05) is 13.7 Å². The molecule has 130 valence electrons. The van der Waals surface area contributed by atoms with Gasteiger partial charge in [0.1, 0.15) is 0 Å². The van der Waals surface area contributed by atoms with Crippen molar-refractivity contribution in [3.8, 4) is 0 Å². The molecule has 2 amide bonds. The Kier molecular flexibility index (Phi) is 10.8. The van der Waals surface area contributed by atoms with Crippen molar-refractivity contribution in [3.63, 3.8) is 0 Å². The van der Waals surface area contributed by atoms with E-state index in [0.29, 0.717) is 5.70 Å². The fraction of sp³-hybridized carbons (Fsp3) is 0.353. The van der Waals surface area contributed by atoms with Crippen LogP contribution in [0.4, 0.5) is 4.79 Å². The molecule has 0 saturated heterocycles. The van der Waals surface area contributed by atoms with Gasteiger partial charge in [-0.3, -0.25) is 4.79 Å². The largest absolute Gasteiger partial charge is 1.00 e. The molecule has 1 aromatic rings. The summed E-state index contributed by atoms with van der Waals surface area (Å²) in [6.45, 7) is 3.33. The smallest absolute Gasteiger partial charge is 0.548 e. The maximum Gasteiger partial charge on any atom is 1.00 e. The Balaban J connectivity index is 0.00000576. The maximum atomic E-state index is 11.9. The second-order valence-corrected chi connectivity index (χ2v) is 5.13. The molecule has 0 aromatic heterocycles. The number of aliphatic carboxylic acids is 1. The zero-order chi connectivity index (χ0) is 18.1. The van der Waals surface area contributed by atoms with Crippen LogP contribution < -0.4 is 40.0 Å². The molecule has 7 nitrogen and oxygen atoms in total. The van der Waals surface area contributed by atoms with E-state index in [1.165, 1.54) is 14.0 Å². The van der Waals surface area contributed by atoms with Crippen molar-refractivity contribution in [3.05, 3.63) is 47.7 Å². The van der Waals surface area contributed by atoms with E-state index in [4.69, 9.17) is 4.74 Å². The van der Waals surface area contributed by atoms with Gasteiger partial charge in [0.15, 0.2) is 0 Å². The van der Waals surface area contributed by atoms with Gasteiger partial charge in [-0.05, 0) is 25.8 Å². The first-order valence-corrected chi connectivity index (χ1v) is 7.49. The van der Waals surface area contributed by atoms with Crippen LogP contribution in [-0.4, -0.2) is 42.6 Å². The molecule has 0 heterocycles. The van der Waals surface area contributed by atoms with Gasteiger partial charge < -0.3 is 20.0 Å². The van der Waals surface area contributed by atoms with Crippen molar-refractivity contribution in [2.45, 2.75) is 26.3 Å². The summed E-state index contributed by atoms with van der Waals surface area (Å²) in [6, 6.07) is 8.06. The first-order chi connectivity index (χ1) is 11.3. The second-order valence-electron chi connectivity index (χ2n) is 5.13. The number of imide groups is 1. The molecule has 1 N–H and O–H groups in total. The number of nitrogens with one attached hydrogen (secondary N) is 1. The Labute approximate surface area is 169 Å². The van der Waals surface area contributed by atoms with E-state index >= 15 is 0 Å². The van der Waals surface area contributed by atoms with Crippen LogP contribution in [0.2, 0.25) is 0 Å². The quantitative estimate of drug-likeness (QED) is 0.427. The molecule has 1 atom stereocenters. The van der Waals surface area contributed by atoms with Gasteiger partial charge in [0, 0.05) is 18.8 Å². The Morgan fingerprint density at radius 1 is 1.28 bits per heavy atom. The summed E-state index contributed by atoms with van der Waals surface area (Å²) in [5, 5.41) is 14.0. The molecule has 0 spiro atoms. The standard InChI is InChI=1S/C17H22N2O5.Na/c1-4-24-17(23)19(3)15(20)10-12(2)18-14(16(21)22)11-13-8-6-5-7-9-13;/h5-10,14,18H,4,11H2,1-3H3,(H,21,22);/q;+1/p-1/t14-;/m0./s1. The van der Waals surface area contributed by atoms with Crippen LogP contribution >= 0.6 is 0 Å². The fourth-order valence-electron chi connectivity index (χ4n) is 1.95. The van der Waals surface area contributed by atoms with Crippen LogP contribution in [0.1, 0.15) is 19.4 Å². The van der Waals surface area contributed by atoms with Gasteiger partial charge >= 0.3 is 35.7 Å². The Bertz CT molecular complexity index is 619. The van der Waals surface area contributed by atoms with Crippen LogP contribution in [-0.2, 0) is 20.7 Å². The first-order valence-electron chi connectivity index (χ1n) is 7.49. The molecular weight excluding hydrogens is 335 g/mol. The van der Waals surface area contributed by atoms with Gasteiger partial charge in [-0.1, -0.05) is 30.3 Å². The third kappa shape index (κ3) is 8.20. The van der Waals surface area contributed by atoms with Crippen LogP contribution in [0.5, 0.6) is 0 Å². The third-order valence-electron chi connectivity index (χ3n) is 3.18. The number of rotatable bonds is 7. The fourth-order valence-corrected chi connectivity index (χ4v) is 1.95. The number of hydrogen-bond acceptors (Lipinski definition) is 6. The van der Waals surface area contributed by atoms with E-state index in [9.17, 15) is 19.5 Å². The van der Waals surface area contributed by atoms with Crippen LogP contribution in [0, 0.1) is 0 Å². The van der Waals surface area contributed by atoms with Crippen molar-refractivity contribution in [1.29, 1.82) is 0 Å². The maximum absolute atomic E-state index is 11.9. The predicted octanol–water partition coefficient (Wildman–Crippen LogP) is -2.54. The molecule has 0 fully saturated rings. The molecule has 8 heteroatoms. The van der Waals surface area contributed by atoms with Crippen molar-refractivity contribution < 1.29 is 53.8 Å².